The van der Waals surface area contributed by atoms with Crippen molar-refractivity contribution >= 4 is 33.1 Å². The number of benzene rings is 1. The topological polar surface area (TPSA) is 90.0 Å². The minimum absolute atomic E-state index is 0.0587. The second-order valence-corrected chi connectivity index (χ2v) is 8.83. The van der Waals surface area contributed by atoms with Crippen LogP contribution in [-0.2, 0) is 19.5 Å². The zero-order chi connectivity index (χ0) is 19.4. The molecule has 0 bridgehead atoms. The van der Waals surface area contributed by atoms with Gasteiger partial charge in [0.2, 0.25) is 15.8 Å². The van der Waals surface area contributed by atoms with Gasteiger partial charge in [-0.1, -0.05) is 12.1 Å². The van der Waals surface area contributed by atoms with E-state index in [1.54, 1.807) is 30.5 Å². The van der Waals surface area contributed by atoms with E-state index in [-0.39, 0.29) is 29.3 Å². The molecule has 2 heterocycles. The molecule has 0 N–H and O–H groups in total. The van der Waals surface area contributed by atoms with Crippen LogP contribution in [0.25, 0.3) is 0 Å². The normalized spacial score (nSPS) is 15.4. The highest BCUT2D eigenvalue weighted by Gasteiger charge is 2.28. The molecule has 0 saturated carbocycles. The monoisotopic (exact) mass is 409 g/mol. The Labute approximate surface area is 161 Å². The van der Waals surface area contributed by atoms with E-state index >= 15 is 0 Å². The van der Waals surface area contributed by atoms with Crippen LogP contribution in [0.15, 0.2) is 40.6 Å². The molecule has 0 aliphatic carbocycles. The van der Waals surface area contributed by atoms with E-state index in [0.29, 0.717) is 23.7 Å². The van der Waals surface area contributed by atoms with Crippen molar-refractivity contribution in [3.05, 3.63) is 51.7 Å². The highest BCUT2D eigenvalue weighted by molar-refractivity contribution is 7.89. The van der Waals surface area contributed by atoms with Gasteiger partial charge in [-0.15, -0.1) is 11.3 Å². The molecule has 0 unspecified atom stereocenters. The number of rotatable bonds is 6. The van der Waals surface area contributed by atoms with Crippen LogP contribution in [0.2, 0.25) is 0 Å². The maximum absolute atomic E-state index is 12.9. The number of hydrogen-bond acceptors (Lipinski definition) is 7. The average molecular weight is 409 g/mol. The summed E-state index contributed by atoms with van der Waals surface area (Å²) in [6.07, 6.45) is 0. The lowest BCUT2D eigenvalue weighted by atomic mass is 10.1. The molecule has 2 aromatic rings. The molecule has 1 aliphatic rings. The van der Waals surface area contributed by atoms with Crippen LogP contribution in [0.4, 0.5) is 0 Å². The molecule has 1 fully saturated rings. The molecular weight excluding hydrogens is 390 g/mol. The van der Waals surface area contributed by atoms with Crippen molar-refractivity contribution in [1.29, 1.82) is 0 Å². The number of sulfonamides is 1. The zero-order valence-electron chi connectivity index (χ0n) is 14.7. The number of thiophene rings is 1. The molecular formula is C18H19NO6S2. The Bertz CT molecular complexity index is 931. The molecule has 1 aliphatic heterocycles. The summed E-state index contributed by atoms with van der Waals surface area (Å²) in [5.74, 6) is -1.04. The number of Topliss-reactive ketones (excluding diaryl/α,β-unsaturated/α-hetero) is 1. The third kappa shape index (κ3) is 4.44. The lowest BCUT2D eigenvalue weighted by Crippen LogP contribution is -2.40. The molecule has 0 radical (unpaired) electrons. The Kier molecular flexibility index (Phi) is 6.05. The number of nitrogens with zero attached hydrogens (tertiary/aromatic N) is 1. The predicted octanol–water partition coefficient (Wildman–Crippen LogP) is 2.12. The number of ketones is 1. The summed E-state index contributed by atoms with van der Waals surface area (Å²) >= 11 is 1.27. The van der Waals surface area contributed by atoms with Gasteiger partial charge in [0, 0.05) is 13.1 Å². The summed E-state index contributed by atoms with van der Waals surface area (Å²) in [6, 6.07) is 7.75. The third-order valence-electron chi connectivity index (χ3n) is 4.14. The summed E-state index contributed by atoms with van der Waals surface area (Å²) in [4.78, 5) is 24.8. The van der Waals surface area contributed by atoms with Gasteiger partial charge in [-0.3, -0.25) is 4.79 Å². The Morgan fingerprint density at radius 2 is 1.96 bits per heavy atom. The van der Waals surface area contributed by atoms with Gasteiger partial charge in [-0.25, -0.2) is 13.2 Å². The van der Waals surface area contributed by atoms with Crippen LogP contribution in [-0.4, -0.2) is 57.4 Å². The van der Waals surface area contributed by atoms with E-state index in [0.717, 1.165) is 0 Å². The van der Waals surface area contributed by atoms with E-state index in [4.69, 9.17) is 9.47 Å². The summed E-state index contributed by atoms with van der Waals surface area (Å²) in [5, 5.41) is 1.76. The number of hydrogen-bond donors (Lipinski definition) is 0. The largest absolute Gasteiger partial charge is 0.454 e. The number of carbonyl (C=O) groups is 2. The quantitative estimate of drug-likeness (QED) is 0.536. The van der Waals surface area contributed by atoms with Crippen molar-refractivity contribution < 1.29 is 27.5 Å². The molecule has 0 atom stereocenters. The molecule has 7 nitrogen and oxygen atoms in total. The second kappa shape index (κ2) is 8.30. The zero-order valence-corrected chi connectivity index (χ0v) is 16.3. The van der Waals surface area contributed by atoms with Gasteiger partial charge in [0.05, 0.1) is 28.5 Å². The first-order valence-electron chi connectivity index (χ1n) is 8.32. The van der Waals surface area contributed by atoms with E-state index in [1.807, 2.05) is 0 Å². The lowest BCUT2D eigenvalue weighted by molar-refractivity contribution is 0.0475. The summed E-state index contributed by atoms with van der Waals surface area (Å²) in [6.45, 7) is 2.49. The molecule has 1 aromatic carbocycles. The Morgan fingerprint density at radius 1 is 1.22 bits per heavy atom. The first kappa shape index (κ1) is 19.7. The molecule has 1 saturated heterocycles. The molecule has 0 spiro atoms. The van der Waals surface area contributed by atoms with Gasteiger partial charge < -0.3 is 9.47 Å². The van der Waals surface area contributed by atoms with E-state index in [9.17, 15) is 18.0 Å². The summed E-state index contributed by atoms with van der Waals surface area (Å²) < 4.78 is 37.3. The minimum atomic E-state index is -3.74. The van der Waals surface area contributed by atoms with Gasteiger partial charge in [-0.2, -0.15) is 4.31 Å². The van der Waals surface area contributed by atoms with Crippen LogP contribution in [0.3, 0.4) is 0 Å². The SMILES string of the molecule is Cc1ccc(C(=O)OCC(=O)c2cccs2)cc1S(=O)(=O)N1CCOCC1. The fourth-order valence-electron chi connectivity index (χ4n) is 2.65. The molecule has 3 rings (SSSR count). The van der Waals surface area contributed by atoms with Crippen molar-refractivity contribution in [1.82, 2.24) is 4.31 Å². The third-order valence-corrected chi connectivity index (χ3v) is 7.09. The van der Waals surface area contributed by atoms with Crippen LogP contribution >= 0.6 is 11.3 Å². The Hall–Kier alpha value is -2.07. The van der Waals surface area contributed by atoms with Crippen molar-refractivity contribution in [3.63, 3.8) is 0 Å². The number of ether oxygens (including phenoxy) is 2. The van der Waals surface area contributed by atoms with Gasteiger partial charge >= 0.3 is 5.97 Å². The van der Waals surface area contributed by atoms with Gasteiger partial charge in [-0.05, 0) is 36.1 Å². The van der Waals surface area contributed by atoms with Crippen LogP contribution < -0.4 is 0 Å². The summed E-state index contributed by atoms with van der Waals surface area (Å²) in [5.41, 5.74) is 0.624. The van der Waals surface area contributed by atoms with Crippen molar-refractivity contribution in [2.75, 3.05) is 32.9 Å². The molecule has 27 heavy (non-hydrogen) atoms. The fourth-order valence-corrected chi connectivity index (χ4v) is 4.96. The van der Waals surface area contributed by atoms with Crippen LogP contribution in [0, 0.1) is 6.92 Å². The second-order valence-electron chi connectivity index (χ2n) is 5.97. The fraction of sp³-hybridized carbons (Fsp3) is 0.333. The Balaban J connectivity index is 1.76. The van der Waals surface area contributed by atoms with Crippen LogP contribution in [0.5, 0.6) is 0 Å². The lowest BCUT2D eigenvalue weighted by Gasteiger charge is -2.26. The number of esters is 1. The summed E-state index contributed by atoms with van der Waals surface area (Å²) in [7, 11) is -3.74. The maximum atomic E-state index is 12.9. The van der Waals surface area contributed by atoms with Crippen molar-refractivity contribution in [3.8, 4) is 0 Å². The first-order valence-corrected chi connectivity index (χ1v) is 10.6. The Morgan fingerprint density at radius 3 is 2.63 bits per heavy atom. The highest BCUT2D eigenvalue weighted by atomic mass is 32.2. The highest BCUT2D eigenvalue weighted by Crippen LogP contribution is 2.23. The van der Waals surface area contributed by atoms with Gasteiger partial charge in [0.15, 0.2) is 6.61 Å². The molecule has 9 heteroatoms. The average Bonchev–Trinajstić information content (AvgIpc) is 3.21. The number of carbonyl (C=O) groups excluding carboxylic acids is 2. The number of aryl methyl sites for hydroxylation is 1. The van der Waals surface area contributed by atoms with E-state index < -0.39 is 22.6 Å². The van der Waals surface area contributed by atoms with E-state index in [1.165, 1.54) is 27.8 Å². The van der Waals surface area contributed by atoms with E-state index in [2.05, 4.69) is 0 Å². The first-order chi connectivity index (χ1) is 12.9. The smallest absolute Gasteiger partial charge is 0.338 e. The number of morpholine rings is 1. The molecule has 1 aromatic heterocycles. The van der Waals surface area contributed by atoms with Crippen molar-refractivity contribution in [2.24, 2.45) is 0 Å². The maximum Gasteiger partial charge on any atom is 0.338 e. The molecule has 0 amide bonds. The molecule has 144 valence electrons. The van der Waals surface area contributed by atoms with Crippen molar-refractivity contribution in [2.45, 2.75) is 11.8 Å². The predicted molar refractivity (Wildman–Crippen MR) is 99.7 cm³/mol. The van der Waals surface area contributed by atoms with Gasteiger partial charge in [0.25, 0.3) is 0 Å². The standard InChI is InChI=1S/C18H19NO6S2/c1-13-4-5-14(18(21)25-12-15(20)16-3-2-10-26-16)11-17(13)27(22,23)19-6-8-24-9-7-19/h2-5,10-11H,6-9,12H2,1H3. The van der Waals surface area contributed by atoms with Gasteiger partial charge in [0.1, 0.15) is 0 Å². The van der Waals surface area contributed by atoms with Crippen LogP contribution in [0.1, 0.15) is 25.6 Å². The minimum Gasteiger partial charge on any atom is -0.454 e.